The molecule has 0 N–H and O–H groups in total. The maximum atomic E-state index is 5.48. The lowest BCUT2D eigenvalue weighted by Crippen LogP contribution is -2.02. The lowest BCUT2D eigenvalue weighted by molar-refractivity contribution is 0.0685. The maximum absolute atomic E-state index is 5.48. The van der Waals surface area contributed by atoms with E-state index in [4.69, 9.17) is 9.47 Å². The molecule has 0 aliphatic carbocycles. The van der Waals surface area contributed by atoms with Crippen LogP contribution in [0.1, 0.15) is 122 Å². The summed E-state index contributed by atoms with van der Waals surface area (Å²) in [5, 5.41) is 0. The number of hydrogen-bond donors (Lipinski definition) is 0. The van der Waals surface area contributed by atoms with Gasteiger partial charge in [-0.15, -0.1) is 0 Å². The second kappa shape index (κ2) is 23.9. The lowest BCUT2D eigenvalue weighted by Gasteiger charge is -2.04. The molecule has 0 rings (SSSR count). The Morgan fingerprint density at radius 3 is 1.12 bits per heavy atom. The van der Waals surface area contributed by atoms with Gasteiger partial charge in [0.25, 0.3) is 0 Å². The third-order valence-electron chi connectivity index (χ3n) is 5.07. The fourth-order valence-electron chi connectivity index (χ4n) is 3.35. The Morgan fingerprint density at radius 2 is 0.760 bits per heavy atom. The van der Waals surface area contributed by atoms with Crippen molar-refractivity contribution < 1.29 is 9.47 Å². The molecule has 0 fully saturated rings. The van der Waals surface area contributed by atoms with E-state index in [2.05, 4.69) is 6.92 Å². The molecule has 0 bridgehead atoms. The minimum Gasteiger partial charge on any atom is -0.382 e. The number of methoxy groups -OCH3 is 1. The van der Waals surface area contributed by atoms with Gasteiger partial charge < -0.3 is 9.47 Å². The van der Waals surface area contributed by atoms with Crippen molar-refractivity contribution in [2.75, 3.05) is 26.9 Å². The molecule has 0 amide bonds. The number of ether oxygens (including phenoxy) is 2. The molecular weight excluding hydrogens is 308 g/mol. The molecule has 0 aliphatic heterocycles. The summed E-state index contributed by atoms with van der Waals surface area (Å²) in [4.78, 5) is 0. The molecule has 2 nitrogen and oxygen atoms in total. The highest BCUT2D eigenvalue weighted by Crippen LogP contribution is 2.14. The summed E-state index contributed by atoms with van der Waals surface area (Å²) in [7, 11) is 1.72. The van der Waals surface area contributed by atoms with Crippen LogP contribution in [0.25, 0.3) is 0 Å². The van der Waals surface area contributed by atoms with Gasteiger partial charge in [-0.25, -0.2) is 0 Å². The lowest BCUT2D eigenvalue weighted by atomic mass is 10.0. The van der Waals surface area contributed by atoms with Crippen molar-refractivity contribution in [1.82, 2.24) is 0 Å². The van der Waals surface area contributed by atoms with Gasteiger partial charge >= 0.3 is 0 Å². The van der Waals surface area contributed by atoms with Crippen LogP contribution in [0.3, 0.4) is 0 Å². The van der Waals surface area contributed by atoms with Gasteiger partial charge in [0.05, 0.1) is 13.2 Å². The highest BCUT2D eigenvalue weighted by Gasteiger charge is 1.95. The van der Waals surface area contributed by atoms with Crippen LogP contribution in [0.15, 0.2) is 0 Å². The average Bonchev–Trinajstić information content (AvgIpc) is 2.63. The largest absolute Gasteiger partial charge is 0.382 e. The van der Waals surface area contributed by atoms with Crippen molar-refractivity contribution in [1.29, 1.82) is 0 Å². The molecular formula is C23H48O2. The minimum absolute atomic E-state index is 0.721. The first-order valence-electron chi connectivity index (χ1n) is 11.5. The van der Waals surface area contributed by atoms with E-state index < -0.39 is 0 Å². The molecule has 0 saturated carbocycles. The standard InChI is InChI=1S/C23H48O2/c1-3-4-5-6-7-8-9-10-11-12-13-14-15-16-17-18-19-20-21-25-23-22-24-2/h3-23H2,1-2H3. The van der Waals surface area contributed by atoms with Gasteiger partial charge in [-0.05, 0) is 6.42 Å². The van der Waals surface area contributed by atoms with Crippen molar-refractivity contribution in [3.05, 3.63) is 0 Å². The summed E-state index contributed by atoms with van der Waals surface area (Å²) in [6.45, 7) is 4.67. The first kappa shape index (κ1) is 24.9. The van der Waals surface area contributed by atoms with Crippen molar-refractivity contribution in [2.24, 2.45) is 0 Å². The average molecular weight is 357 g/mol. The molecule has 0 aliphatic rings. The van der Waals surface area contributed by atoms with E-state index in [1.54, 1.807) is 7.11 Å². The summed E-state index contributed by atoms with van der Waals surface area (Å²) in [6, 6.07) is 0. The van der Waals surface area contributed by atoms with Crippen LogP contribution in [0.4, 0.5) is 0 Å². The highest BCUT2D eigenvalue weighted by atomic mass is 16.5. The van der Waals surface area contributed by atoms with Gasteiger partial charge in [-0.2, -0.15) is 0 Å². The first-order valence-corrected chi connectivity index (χ1v) is 11.5. The fraction of sp³-hybridized carbons (Fsp3) is 1.00. The Hall–Kier alpha value is -0.0800. The molecule has 0 atom stereocenters. The van der Waals surface area contributed by atoms with Crippen molar-refractivity contribution in [3.8, 4) is 0 Å². The third-order valence-corrected chi connectivity index (χ3v) is 5.07. The summed E-state index contributed by atoms with van der Waals surface area (Å²) < 4.78 is 10.4. The monoisotopic (exact) mass is 356 g/mol. The van der Waals surface area contributed by atoms with Crippen LogP contribution in [-0.4, -0.2) is 26.9 Å². The molecule has 0 aromatic carbocycles. The predicted molar refractivity (Wildman–Crippen MR) is 111 cm³/mol. The molecule has 0 unspecified atom stereocenters. The zero-order valence-corrected chi connectivity index (χ0v) is 17.7. The quantitative estimate of drug-likeness (QED) is 0.185. The Labute approximate surface area is 159 Å². The highest BCUT2D eigenvalue weighted by molar-refractivity contribution is 4.50. The van der Waals surface area contributed by atoms with Gasteiger partial charge in [0.1, 0.15) is 0 Å². The van der Waals surface area contributed by atoms with Crippen LogP contribution in [0.5, 0.6) is 0 Å². The normalized spacial score (nSPS) is 11.3. The third kappa shape index (κ3) is 23.9. The summed E-state index contributed by atoms with van der Waals surface area (Å²) >= 11 is 0. The van der Waals surface area contributed by atoms with Crippen LogP contribution in [0, 0.1) is 0 Å². The van der Waals surface area contributed by atoms with Crippen LogP contribution < -0.4 is 0 Å². The molecule has 0 saturated heterocycles. The summed E-state index contributed by atoms with van der Waals surface area (Å²) in [5.41, 5.74) is 0. The second-order valence-corrected chi connectivity index (χ2v) is 7.62. The van der Waals surface area contributed by atoms with E-state index >= 15 is 0 Å². The van der Waals surface area contributed by atoms with Crippen LogP contribution in [0.2, 0.25) is 0 Å². The van der Waals surface area contributed by atoms with Gasteiger partial charge in [0, 0.05) is 13.7 Å². The van der Waals surface area contributed by atoms with Crippen LogP contribution in [-0.2, 0) is 9.47 Å². The zero-order valence-electron chi connectivity index (χ0n) is 17.7. The molecule has 0 spiro atoms. The predicted octanol–water partition coefficient (Wildman–Crippen LogP) is 7.69. The zero-order chi connectivity index (χ0) is 18.3. The molecule has 0 aromatic rings. The van der Waals surface area contributed by atoms with Crippen molar-refractivity contribution >= 4 is 0 Å². The smallest absolute Gasteiger partial charge is 0.0700 e. The van der Waals surface area contributed by atoms with E-state index in [0.29, 0.717) is 0 Å². The maximum Gasteiger partial charge on any atom is 0.0700 e. The molecule has 152 valence electrons. The number of hydrogen-bond acceptors (Lipinski definition) is 2. The van der Waals surface area contributed by atoms with Crippen LogP contribution >= 0.6 is 0 Å². The Bertz CT molecular complexity index is 196. The number of unbranched alkanes of at least 4 members (excludes halogenated alkanes) is 17. The molecule has 2 heteroatoms. The Balaban J connectivity index is 2.94. The van der Waals surface area contributed by atoms with Gasteiger partial charge in [-0.1, -0.05) is 116 Å². The fourth-order valence-corrected chi connectivity index (χ4v) is 3.35. The van der Waals surface area contributed by atoms with E-state index in [0.717, 1.165) is 19.8 Å². The Morgan fingerprint density at radius 1 is 0.400 bits per heavy atom. The minimum atomic E-state index is 0.721. The van der Waals surface area contributed by atoms with E-state index in [1.807, 2.05) is 0 Å². The molecule has 0 radical (unpaired) electrons. The van der Waals surface area contributed by atoms with E-state index in [9.17, 15) is 0 Å². The molecule has 0 heterocycles. The Kier molecular flexibility index (Phi) is 23.8. The summed E-state index contributed by atoms with van der Waals surface area (Å²) in [5.74, 6) is 0. The first-order chi connectivity index (χ1) is 12.4. The van der Waals surface area contributed by atoms with Crippen molar-refractivity contribution in [2.45, 2.75) is 122 Å². The van der Waals surface area contributed by atoms with E-state index in [-0.39, 0.29) is 0 Å². The summed E-state index contributed by atoms with van der Waals surface area (Å²) in [6.07, 6.45) is 25.7. The van der Waals surface area contributed by atoms with E-state index in [1.165, 1.54) is 116 Å². The second-order valence-electron chi connectivity index (χ2n) is 7.62. The van der Waals surface area contributed by atoms with Gasteiger partial charge in [0.15, 0.2) is 0 Å². The van der Waals surface area contributed by atoms with Crippen molar-refractivity contribution in [3.63, 3.8) is 0 Å². The van der Waals surface area contributed by atoms with Gasteiger partial charge in [-0.3, -0.25) is 0 Å². The SMILES string of the molecule is CCCCCCCCCCCCCCCCCCCCOCCOC. The number of rotatable bonds is 22. The van der Waals surface area contributed by atoms with Gasteiger partial charge in [0.2, 0.25) is 0 Å². The molecule has 0 aromatic heterocycles. The molecule has 25 heavy (non-hydrogen) atoms. The topological polar surface area (TPSA) is 18.5 Å².